The summed E-state index contributed by atoms with van der Waals surface area (Å²) in [5.74, 6) is 0.681. The SMILES string of the molecule is O=C(NCc1ccc(N2CCOCC2)cc1)C1C=C2N=CC=CN2N1. The summed E-state index contributed by atoms with van der Waals surface area (Å²) in [4.78, 5) is 18.9. The van der Waals surface area contributed by atoms with Gasteiger partial charge in [0.1, 0.15) is 11.9 Å². The summed E-state index contributed by atoms with van der Waals surface area (Å²) in [6.07, 6.45) is 7.19. The van der Waals surface area contributed by atoms with Crippen molar-refractivity contribution in [2.24, 2.45) is 4.99 Å². The Morgan fingerprint density at radius 1 is 1.28 bits per heavy atom. The van der Waals surface area contributed by atoms with E-state index in [-0.39, 0.29) is 5.91 Å². The zero-order valence-corrected chi connectivity index (χ0v) is 13.9. The monoisotopic (exact) mass is 339 g/mol. The van der Waals surface area contributed by atoms with Crippen LogP contribution in [-0.2, 0) is 16.1 Å². The molecule has 4 rings (SSSR count). The highest BCUT2D eigenvalue weighted by Crippen LogP contribution is 2.18. The summed E-state index contributed by atoms with van der Waals surface area (Å²) in [5.41, 5.74) is 5.36. The molecule has 1 unspecified atom stereocenters. The molecule has 1 aromatic carbocycles. The fourth-order valence-electron chi connectivity index (χ4n) is 3.03. The Kier molecular flexibility index (Phi) is 4.49. The molecule has 1 atom stereocenters. The van der Waals surface area contributed by atoms with Gasteiger partial charge in [-0.15, -0.1) is 0 Å². The van der Waals surface area contributed by atoms with Gasteiger partial charge in [-0.3, -0.25) is 9.80 Å². The molecule has 2 N–H and O–H groups in total. The maximum atomic E-state index is 12.3. The summed E-state index contributed by atoms with van der Waals surface area (Å²) in [7, 11) is 0. The first kappa shape index (κ1) is 15.9. The van der Waals surface area contributed by atoms with Gasteiger partial charge in [0, 0.05) is 37.7 Å². The summed E-state index contributed by atoms with van der Waals surface area (Å²) >= 11 is 0. The number of nitrogens with one attached hydrogen (secondary N) is 2. The molecule has 1 fully saturated rings. The van der Waals surface area contributed by atoms with Crippen LogP contribution in [0.1, 0.15) is 5.56 Å². The van der Waals surface area contributed by atoms with Gasteiger partial charge in [-0.05, 0) is 29.8 Å². The first-order chi connectivity index (χ1) is 12.3. The van der Waals surface area contributed by atoms with E-state index in [1.165, 1.54) is 5.69 Å². The number of nitrogens with zero attached hydrogens (tertiary/aromatic N) is 3. The molecule has 7 nitrogen and oxygen atoms in total. The molecular formula is C18H21N5O2. The van der Waals surface area contributed by atoms with Crippen LogP contribution in [0, 0.1) is 0 Å². The predicted octanol–water partition coefficient (Wildman–Crippen LogP) is 0.768. The van der Waals surface area contributed by atoms with Crippen LogP contribution in [0.3, 0.4) is 0 Å². The molecular weight excluding hydrogens is 318 g/mol. The van der Waals surface area contributed by atoms with Crippen molar-refractivity contribution in [2.75, 3.05) is 31.2 Å². The number of hydrogen-bond acceptors (Lipinski definition) is 6. The zero-order chi connectivity index (χ0) is 17.1. The minimum atomic E-state index is -0.400. The number of anilines is 1. The van der Waals surface area contributed by atoms with Gasteiger partial charge in [-0.2, -0.15) is 0 Å². The van der Waals surface area contributed by atoms with Crippen molar-refractivity contribution in [3.05, 3.63) is 54.0 Å². The predicted molar refractivity (Wildman–Crippen MR) is 95.8 cm³/mol. The van der Waals surface area contributed by atoms with Crippen LogP contribution < -0.4 is 15.6 Å². The van der Waals surface area contributed by atoms with E-state index in [2.05, 4.69) is 44.9 Å². The van der Waals surface area contributed by atoms with Crippen molar-refractivity contribution in [2.45, 2.75) is 12.6 Å². The molecule has 130 valence electrons. The number of fused-ring (bicyclic) bond motifs is 1. The lowest BCUT2D eigenvalue weighted by atomic mass is 10.2. The average molecular weight is 339 g/mol. The van der Waals surface area contributed by atoms with E-state index < -0.39 is 6.04 Å². The normalized spacial score (nSPS) is 21.9. The van der Waals surface area contributed by atoms with Crippen LogP contribution in [0.2, 0.25) is 0 Å². The summed E-state index contributed by atoms with van der Waals surface area (Å²) in [6, 6.07) is 7.91. The number of rotatable bonds is 4. The van der Waals surface area contributed by atoms with E-state index in [1.807, 2.05) is 18.4 Å². The Bertz CT molecular complexity index is 719. The van der Waals surface area contributed by atoms with Gasteiger partial charge in [-0.25, -0.2) is 10.4 Å². The lowest BCUT2D eigenvalue weighted by molar-refractivity contribution is -0.122. The number of carbonyl (C=O) groups is 1. The lowest BCUT2D eigenvalue weighted by Gasteiger charge is -2.28. The Morgan fingerprint density at radius 2 is 2.08 bits per heavy atom. The topological polar surface area (TPSA) is 69.2 Å². The summed E-state index contributed by atoms with van der Waals surface area (Å²) in [6.45, 7) is 3.90. The summed E-state index contributed by atoms with van der Waals surface area (Å²) in [5, 5.41) is 4.72. The minimum Gasteiger partial charge on any atom is -0.378 e. The van der Waals surface area contributed by atoms with Crippen LogP contribution in [-0.4, -0.2) is 49.5 Å². The van der Waals surface area contributed by atoms with Crippen molar-refractivity contribution < 1.29 is 9.53 Å². The van der Waals surface area contributed by atoms with Crippen LogP contribution >= 0.6 is 0 Å². The van der Waals surface area contributed by atoms with Crippen molar-refractivity contribution >= 4 is 17.8 Å². The molecule has 3 aliphatic rings. The Labute approximate surface area is 146 Å². The highest BCUT2D eigenvalue weighted by Gasteiger charge is 2.27. The molecule has 25 heavy (non-hydrogen) atoms. The van der Waals surface area contributed by atoms with Crippen molar-refractivity contribution in [1.82, 2.24) is 15.8 Å². The first-order valence-corrected chi connectivity index (χ1v) is 8.47. The van der Waals surface area contributed by atoms with E-state index in [0.717, 1.165) is 37.7 Å². The third kappa shape index (κ3) is 3.57. The highest BCUT2D eigenvalue weighted by molar-refractivity contribution is 5.84. The second-order valence-electron chi connectivity index (χ2n) is 6.11. The smallest absolute Gasteiger partial charge is 0.243 e. The fourth-order valence-corrected chi connectivity index (χ4v) is 3.03. The standard InChI is InChI=1S/C18H21N5O2/c24-18(16-12-17-19-6-1-7-23(17)21-16)20-13-14-2-4-15(5-3-14)22-8-10-25-11-9-22/h1-7,12,16,21H,8-11,13H2,(H,20,24). The van der Waals surface area contributed by atoms with Gasteiger partial charge in [0.05, 0.1) is 13.2 Å². The maximum absolute atomic E-state index is 12.3. The van der Waals surface area contributed by atoms with Gasteiger partial charge in [0.25, 0.3) is 0 Å². The highest BCUT2D eigenvalue weighted by atomic mass is 16.5. The minimum absolute atomic E-state index is 0.0669. The van der Waals surface area contributed by atoms with E-state index in [0.29, 0.717) is 6.54 Å². The second-order valence-corrected chi connectivity index (χ2v) is 6.11. The maximum Gasteiger partial charge on any atom is 0.243 e. The molecule has 1 saturated heterocycles. The zero-order valence-electron chi connectivity index (χ0n) is 13.9. The van der Waals surface area contributed by atoms with E-state index in [1.54, 1.807) is 11.2 Å². The summed E-state index contributed by atoms with van der Waals surface area (Å²) < 4.78 is 5.38. The lowest BCUT2D eigenvalue weighted by Crippen LogP contribution is -2.44. The molecule has 0 radical (unpaired) electrons. The molecule has 1 amide bonds. The van der Waals surface area contributed by atoms with E-state index >= 15 is 0 Å². The van der Waals surface area contributed by atoms with Gasteiger partial charge >= 0.3 is 0 Å². The van der Waals surface area contributed by atoms with Gasteiger partial charge in [-0.1, -0.05) is 12.1 Å². The van der Waals surface area contributed by atoms with Crippen LogP contribution in [0.25, 0.3) is 0 Å². The number of morpholine rings is 1. The molecule has 0 aliphatic carbocycles. The molecule has 1 aromatic rings. The number of allylic oxidation sites excluding steroid dienone is 1. The Morgan fingerprint density at radius 3 is 2.84 bits per heavy atom. The average Bonchev–Trinajstić information content (AvgIpc) is 3.11. The molecule has 3 aliphatic heterocycles. The number of benzene rings is 1. The third-order valence-corrected chi connectivity index (χ3v) is 4.43. The molecule has 0 saturated carbocycles. The number of carbonyl (C=O) groups excluding carboxylic acids is 1. The second kappa shape index (κ2) is 7.08. The number of hydrazine groups is 1. The van der Waals surface area contributed by atoms with Gasteiger partial charge < -0.3 is 15.0 Å². The Balaban J connectivity index is 1.31. The molecule has 0 spiro atoms. The molecule has 7 heteroatoms. The van der Waals surface area contributed by atoms with Gasteiger partial charge in [0.15, 0.2) is 0 Å². The van der Waals surface area contributed by atoms with E-state index in [4.69, 9.17) is 4.74 Å². The third-order valence-electron chi connectivity index (χ3n) is 4.43. The van der Waals surface area contributed by atoms with Crippen molar-refractivity contribution in [1.29, 1.82) is 0 Å². The number of hydrogen-bond donors (Lipinski definition) is 2. The number of aliphatic imine (C=N–C) groups is 1. The number of ether oxygens (including phenoxy) is 1. The van der Waals surface area contributed by atoms with E-state index in [9.17, 15) is 4.79 Å². The van der Waals surface area contributed by atoms with Crippen LogP contribution in [0.5, 0.6) is 0 Å². The molecule has 0 bridgehead atoms. The Hall–Kier alpha value is -2.64. The van der Waals surface area contributed by atoms with Crippen molar-refractivity contribution in [3.63, 3.8) is 0 Å². The van der Waals surface area contributed by atoms with Gasteiger partial charge in [0.2, 0.25) is 5.91 Å². The van der Waals surface area contributed by atoms with Crippen LogP contribution in [0.15, 0.2) is 53.4 Å². The quantitative estimate of drug-likeness (QED) is 0.848. The van der Waals surface area contributed by atoms with Crippen molar-refractivity contribution in [3.8, 4) is 0 Å². The molecule has 3 heterocycles. The largest absolute Gasteiger partial charge is 0.378 e. The first-order valence-electron chi connectivity index (χ1n) is 8.47. The molecule has 0 aromatic heterocycles. The fraction of sp³-hybridized carbons (Fsp3) is 0.333. The number of amides is 1. The van der Waals surface area contributed by atoms with Crippen LogP contribution in [0.4, 0.5) is 5.69 Å².